The van der Waals surface area contributed by atoms with Crippen LogP contribution in [0.2, 0.25) is 5.02 Å². The molecule has 166 valence electrons. The van der Waals surface area contributed by atoms with E-state index in [4.69, 9.17) is 38.0 Å². The monoisotopic (exact) mass is 473 g/mol. The lowest BCUT2D eigenvalue weighted by molar-refractivity contribution is 0.170. The molecule has 0 amide bonds. The van der Waals surface area contributed by atoms with Gasteiger partial charge in [-0.3, -0.25) is 19.2 Å². The van der Waals surface area contributed by atoms with Crippen molar-refractivity contribution in [2.45, 2.75) is 12.5 Å². The van der Waals surface area contributed by atoms with E-state index >= 15 is 0 Å². The minimum atomic E-state index is -0.596. The molecule has 32 heavy (non-hydrogen) atoms. The number of nitrogens with one attached hydrogen (secondary N) is 1. The largest absolute Gasteiger partial charge is 0.494 e. The number of halogens is 1. The normalized spacial score (nSPS) is 17.3. The Bertz CT molecular complexity index is 1340. The quantitative estimate of drug-likeness (QED) is 0.562. The van der Waals surface area contributed by atoms with Gasteiger partial charge in [-0.1, -0.05) is 11.6 Å². The molecule has 2 N–H and O–H groups in total. The highest BCUT2D eigenvalue weighted by Crippen LogP contribution is 2.51. The van der Waals surface area contributed by atoms with Crippen LogP contribution in [0.15, 0.2) is 35.1 Å². The predicted molar refractivity (Wildman–Crippen MR) is 121 cm³/mol. The first-order valence-electron chi connectivity index (χ1n) is 9.94. The lowest BCUT2D eigenvalue weighted by atomic mass is 9.87. The molecule has 5 rings (SSSR count). The average molecular weight is 474 g/mol. The summed E-state index contributed by atoms with van der Waals surface area (Å²) in [5, 5.41) is 11.9. The van der Waals surface area contributed by atoms with E-state index in [0.29, 0.717) is 34.5 Å². The molecule has 10 heteroatoms. The number of aromatic amines is 1. The third kappa shape index (κ3) is 3.16. The van der Waals surface area contributed by atoms with E-state index in [-0.39, 0.29) is 23.0 Å². The van der Waals surface area contributed by atoms with Gasteiger partial charge in [-0.25, -0.2) is 0 Å². The van der Waals surface area contributed by atoms with Crippen LogP contribution in [0.25, 0.3) is 5.69 Å². The molecule has 2 aromatic carbocycles. The number of aromatic hydroxyl groups is 1. The van der Waals surface area contributed by atoms with Crippen molar-refractivity contribution in [3.63, 3.8) is 0 Å². The van der Waals surface area contributed by atoms with Crippen LogP contribution in [-0.4, -0.2) is 47.1 Å². The molecule has 0 radical (unpaired) electrons. The maximum atomic E-state index is 13.1. The zero-order chi connectivity index (χ0) is 22.6. The maximum Gasteiger partial charge on any atom is 0.260 e. The Balaban J connectivity index is 1.78. The summed E-state index contributed by atoms with van der Waals surface area (Å²) in [6.45, 7) is 0.762. The predicted octanol–water partition coefficient (Wildman–Crippen LogP) is 3.57. The van der Waals surface area contributed by atoms with E-state index in [1.165, 1.54) is 4.57 Å². The molecular formula is C22H20ClN3O5S. The molecule has 2 aliphatic heterocycles. The first-order chi connectivity index (χ1) is 15.4. The molecule has 0 saturated heterocycles. The van der Waals surface area contributed by atoms with Gasteiger partial charge in [-0.2, -0.15) is 0 Å². The first kappa shape index (κ1) is 20.9. The Kier molecular flexibility index (Phi) is 5.11. The van der Waals surface area contributed by atoms with Crippen molar-refractivity contribution in [2.75, 3.05) is 27.5 Å². The van der Waals surface area contributed by atoms with E-state index in [0.717, 1.165) is 17.5 Å². The molecule has 3 aromatic rings. The van der Waals surface area contributed by atoms with E-state index in [1.54, 1.807) is 31.4 Å². The van der Waals surface area contributed by atoms with Gasteiger partial charge in [0.1, 0.15) is 0 Å². The van der Waals surface area contributed by atoms with Crippen LogP contribution in [0.3, 0.4) is 0 Å². The Morgan fingerprint density at radius 2 is 2.00 bits per heavy atom. The second kappa shape index (κ2) is 7.84. The molecule has 0 bridgehead atoms. The number of likely N-dealkylation sites (N-methyl/N-ethyl adjacent to an activating group) is 1. The highest BCUT2D eigenvalue weighted by molar-refractivity contribution is 7.71. The van der Waals surface area contributed by atoms with Crippen LogP contribution in [0.5, 0.6) is 23.1 Å². The SMILES string of the molecule is COc1c2c(cc3c1[C@@H](c1c(O)n(-c4ccc(Cl)cc4)c(=S)[nH]c1=O)N(C)CC3)OCO2. The van der Waals surface area contributed by atoms with Crippen LogP contribution in [0, 0.1) is 4.77 Å². The van der Waals surface area contributed by atoms with Crippen LogP contribution < -0.4 is 19.8 Å². The summed E-state index contributed by atoms with van der Waals surface area (Å²) >= 11 is 11.4. The summed E-state index contributed by atoms with van der Waals surface area (Å²) in [6, 6.07) is 8.14. The van der Waals surface area contributed by atoms with Crippen LogP contribution in [0.1, 0.15) is 22.7 Å². The fourth-order valence-corrected chi connectivity index (χ4v) is 4.82. The molecule has 8 nitrogen and oxygen atoms in total. The van der Waals surface area contributed by atoms with Crippen molar-refractivity contribution in [3.05, 3.63) is 67.2 Å². The van der Waals surface area contributed by atoms with Crippen LogP contribution in [0.4, 0.5) is 0 Å². The second-order valence-corrected chi connectivity index (χ2v) is 8.48. The number of methoxy groups -OCH3 is 1. The van der Waals surface area contributed by atoms with Gasteiger partial charge in [0.2, 0.25) is 18.4 Å². The van der Waals surface area contributed by atoms with Gasteiger partial charge < -0.3 is 19.3 Å². The van der Waals surface area contributed by atoms with Gasteiger partial charge >= 0.3 is 0 Å². The van der Waals surface area contributed by atoms with Gasteiger partial charge in [-0.05, 0) is 61.6 Å². The Morgan fingerprint density at radius 3 is 2.72 bits per heavy atom. The lowest BCUT2D eigenvalue weighted by Gasteiger charge is -2.36. The summed E-state index contributed by atoms with van der Waals surface area (Å²) in [4.78, 5) is 17.8. The van der Waals surface area contributed by atoms with Gasteiger partial charge in [0.15, 0.2) is 16.3 Å². The number of hydrogen-bond donors (Lipinski definition) is 2. The number of benzene rings is 2. The Morgan fingerprint density at radius 1 is 1.25 bits per heavy atom. The first-order valence-corrected chi connectivity index (χ1v) is 10.7. The van der Waals surface area contributed by atoms with Gasteiger partial charge in [0.25, 0.3) is 5.56 Å². The lowest BCUT2D eigenvalue weighted by Crippen LogP contribution is -2.37. The van der Waals surface area contributed by atoms with Gasteiger partial charge in [-0.15, -0.1) is 0 Å². The zero-order valence-electron chi connectivity index (χ0n) is 17.3. The molecule has 2 aliphatic rings. The molecule has 0 unspecified atom stereocenters. The molecule has 0 spiro atoms. The van der Waals surface area contributed by atoms with Crippen molar-refractivity contribution in [2.24, 2.45) is 0 Å². The van der Waals surface area contributed by atoms with Crippen LogP contribution in [-0.2, 0) is 6.42 Å². The minimum Gasteiger partial charge on any atom is -0.494 e. The number of hydrogen-bond acceptors (Lipinski definition) is 7. The number of aromatic nitrogens is 2. The molecule has 1 aromatic heterocycles. The molecule has 0 saturated carbocycles. The number of H-pyrrole nitrogens is 1. The maximum absolute atomic E-state index is 13.1. The van der Waals surface area contributed by atoms with Crippen molar-refractivity contribution in [1.82, 2.24) is 14.5 Å². The third-order valence-corrected chi connectivity index (χ3v) is 6.41. The Labute approximate surface area is 193 Å². The summed E-state index contributed by atoms with van der Waals surface area (Å²) in [5.41, 5.74) is 1.99. The fraction of sp³-hybridized carbons (Fsp3) is 0.273. The molecular weight excluding hydrogens is 454 g/mol. The molecule has 1 atom stereocenters. The number of rotatable bonds is 3. The van der Waals surface area contributed by atoms with E-state index in [9.17, 15) is 9.90 Å². The van der Waals surface area contributed by atoms with E-state index in [2.05, 4.69) is 4.98 Å². The summed E-state index contributed by atoms with van der Waals surface area (Å²) in [6.07, 6.45) is 0.726. The average Bonchev–Trinajstić information content (AvgIpc) is 3.23. The van der Waals surface area contributed by atoms with Crippen molar-refractivity contribution >= 4 is 23.8 Å². The summed E-state index contributed by atoms with van der Waals surface area (Å²) < 4.78 is 18.4. The smallest absolute Gasteiger partial charge is 0.260 e. The topological polar surface area (TPSA) is 89.0 Å². The fourth-order valence-electron chi connectivity index (χ4n) is 4.41. The standard InChI is InChI=1S/C22H20ClN3O5S/c1-25-8-7-11-9-14-18(31-10-30-14)19(29-2)15(11)17(25)16-20(27)24-22(32)26(21(16)28)13-5-3-12(23)4-6-13/h3-6,9,17,28H,7-8,10H2,1-2H3,(H,24,27,32)/t17-/m0/s1. The minimum absolute atomic E-state index is 0.0786. The van der Waals surface area contributed by atoms with E-state index in [1.807, 2.05) is 18.0 Å². The number of nitrogens with zero attached hydrogens (tertiary/aromatic N) is 2. The van der Waals surface area contributed by atoms with Crippen molar-refractivity contribution in [3.8, 4) is 28.8 Å². The molecule has 0 fully saturated rings. The zero-order valence-corrected chi connectivity index (χ0v) is 18.9. The summed E-state index contributed by atoms with van der Waals surface area (Å²) in [7, 11) is 3.44. The highest BCUT2D eigenvalue weighted by Gasteiger charge is 2.38. The summed E-state index contributed by atoms with van der Waals surface area (Å²) in [5.74, 6) is 1.35. The molecule has 3 heterocycles. The number of fused-ring (bicyclic) bond motifs is 2. The highest BCUT2D eigenvalue weighted by atomic mass is 35.5. The van der Waals surface area contributed by atoms with Gasteiger partial charge in [0, 0.05) is 17.1 Å². The Hall–Kier alpha value is -3.01. The van der Waals surface area contributed by atoms with Crippen molar-refractivity contribution < 1.29 is 19.3 Å². The van der Waals surface area contributed by atoms with Crippen molar-refractivity contribution in [1.29, 1.82) is 0 Å². The van der Waals surface area contributed by atoms with Crippen LogP contribution >= 0.6 is 23.8 Å². The number of ether oxygens (including phenoxy) is 3. The molecule has 0 aliphatic carbocycles. The van der Waals surface area contributed by atoms with E-state index < -0.39 is 11.6 Å². The third-order valence-electron chi connectivity index (χ3n) is 5.87. The second-order valence-electron chi connectivity index (χ2n) is 7.66. The van der Waals surface area contributed by atoms with Gasteiger partial charge in [0.05, 0.1) is 24.4 Å².